The monoisotopic (exact) mass is 320 g/mol. The zero-order chi connectivity index (χ0) is 17.0. The van der Waals surface area contributed by atoms with E-state index in [1.807, 2.05) is 60.7 Å². The minimum absolute atomic E-state index is 0.562. The highest BCUT2D eigenvalue weighted by Gasteiger charge is 2.05. The second-order valence-corrected chi connectivity index (χ2v) is 5.13. The van der Waals surface area contributed by atoms with Crippen molar-refractivity contribution in [2.75, 3.05) is 0 Å². The van der Waals surface area contributed by atoms with Gasteiger partial charge in [0.05, 0.1) is 0 Å². The van der Waals surface area contributed by atoms with Crippen molar-refractivity contribution in [2.24, 2.45) is 0 Å². The van der Waals surface area contributed by atoms with Crippen molar-refractivity contribution in [1.29, 1.82) is 0 Å². The van der Waals surface area contributed by atoms with Gasteiger partial charge in [-0.3, -0.25) is 9.59 Å². The molecule has 2 rings (SSSR count). The van der Waals surface area contributed by atoms with Crippen LogP contribution in [0.25, 0.3) is 0 Å². The highest BCUT2D eigenvalue weighted by Crippen LogP contribution is 1.98. The second kappa shape index (κ2) is 9.79. The smallest absolute Gasteiger partial charge is 0.227 e. The predicted molar refractivity (Wildman–Crippen MR) is 94.9 cm³/mol. The zero-order valence-corrected chi connectivity index (χ0v) is 13.3. The van der Waals surface area contributed by atoms with E-state index >= 15 is 0 Å². The highest BCUT2D eigenvalue weighted by atomic mass is 16.2. The zero-order valence-electron chi connectivity index (χ0n) is 13.3. The second-order valence-electron chi connectivity index (χ2n) is 5.13. The van der Waals surface area contributed by atoms with Gasteiger partial charge in [0.25, 0.3) is 0 Å². The number of carbonyl (C=O) groups excluding carboxylic acids is 2. The minimum atomic E-state index is -0.562. The van der Waals surface area contributed by atoms with Crippen LogP contribution in [0.15, 0.2) is 85.2 Å². The van der Waals surface area contributed by atoms with Crippen LogP contribution < -0.4 is 10.6 Å². The lowest BCUT2D eigenvalue weighted by Crippen LogP contribution is -2.12. The van der Waals surface area contributed by atoms with E-state index in [0.717, 1.165) is 11.1 Å². The standard InChI is InChI=1S/C20H20N2O2/c23-19(11-13-21-15-17-7-3-1-4-8-17)20(24)12-14-22-16-18-9-5-2-6-10-18/h1-14,21-22H,15-16H2/b13-11-,14-12-. The molecule has 0 aliphatic carbocycles. The maximum absolute atomic E-state index is 11.7. The fourth-order valence-corrected chi connectivity index (χ4v) is 1.98. The number of rotatable bonds is 9. The summed E-state index contributed by atoms with van der Waals surface area (Å²) in [4.78, 5) is 23.3. The molecule has 4 heteroatoms. The van der Waals surface area contributed by atoms with E-state index in [-0.39, 0.29) is 0 Å². The molecule has 24 heavy (non-hydrogen) atoms. The van der Waals surface area contributed by atoms with Crippen molar-refractivity contribution in [3.8, 4) is 0 Å². The molecule has 0 aromatic heterocycles. The Kier molecular flexibility index (Phi) is 7.02. The van der Waals surface area contributed by atoms with Gasteiger partial charge in [-0.15, -0.1) is 0 Å². The molecule has 0 bridgehead atoms. The van der Waals surface area contributed by atoms with Crippen LogP contribution in [0.2, 0.25) is 0 Å². The van der Waals surface area contributed by atoms with Crippen molar-refractivity contribution < 1.29 is 9.59 Å². The molecule has 0 atom stereocenters. The van der Waals surface area contributed by atoms with Gasteiger partial charge in [0.1, 0.15) is 0 Å². The van der Waals surface area contributed by atoms with Crippen LogP contribution >= 0.6 is 0 Å². The molecule has 0 spiro atoms. The molecule has 0 fully saturated rings. The maximum Gasteiger partial charge on any atom is 0.227 e. The van der Waals surface area contributed by atoms with Crippen LogP contribution in [-0.4, -0.2) is 11.6 Å². The SMILES string of the molecule is O=C(/C=C\NCc1ccccc1)C(=O)/C=C\NCc1ccccc1. The Morgan fingerprint density at radius 2 is 1.04 bits per heavy atom. The van der Waals surface area contributed by atoms with Gasteiger partial charge in [0.2, 0.25) is 11.6 Å². The number of carbonyl (C=O) groups is 2. The molecule has 0 saturated heterocycles. The first kappa shape index (κ1) is 17.2. The summed E-state index contributed by atoms with van der Waals surface area (Å²) < 4.78 is 0. The summed E-state index contributed by atoms with van der Waals surface area (Å²) in [6.45, 7) is 1.21. The topological polar surface area (TPSA) is 58.2 Å². The summed E-state index contributed by atoms with van der Waals surface area (Å²) in [5.41, 5.74) is 2.21. The first-order valence-electron chi connectivity index (χ1n) is 7.72. The molecule has 0 radical (unpaired) electrons. The fraction of sp³-hybridized carbons (Fsp3) is 0.100. The first-order chi connectivity index (χ1) is 11.8. The lowest BCUT2D eigenvalue weighted by atomic mass is 10.2. The van der Waals surface area contributed by atoms with E-state index in [4.69, 9.17) is 0 Å². The van der Waals surface area contributed by atoms with Crippen molar-refractivity contribution in [1.82, 2.24) is 10.6 Å². The van der Waals surface area contributed by atoms with Crippen LogP contribution in [0.5, 0.6) is 0 Å². The van der Waals surface area contributed by atoms with E-state index in [2.05, 4.69) is 10.6 Å². The van der Waals surface area contributed by atoms with Gasteiger partial charge in [0.15, 0.2) is 0 Å². The largest absolute Gasteiger partial charge is 0.387 e. The molecular weight excluding hydrogens is 300 g/mol. The molecule has 2 N–H and O–H groups in total. The molecule has 2 aromatic carbocycles. The first-order valence-corrected chi connectivity index (χ1v) is 7.72. The number of benzene rings is 2. The quantitative estimate of drug-likeness (QED) is 0.551. The van der Waals surface area contributed by atoms with Gasteiger partial charge in [-0.25, -0.2) is 0 Å². The number of allylic oxidation sites excluding steroid dienone is 2. The lowest BCUT2D eigenvalue weighted by Gasteiger charge is -2.00. The third-order valence-corrected chi connectivity index (χ3v) is 3.25. The Hall–Kier alpha value is -3.14. The van der Waals surface area contributed by atoms with Gasteiger partial charge >= 0.3 is 0 Å². The van der Waals surface area contributed by atoms with Gasteiger partial charge in [0, 0.05) is 37.6 Å². The Balaban J connectivity index is 1.68. The highest BCUT2D eigenvalue weighted by molar-refractivity contribution is 6.45. The minimum Gasteiger partial charge on any atom is -0.387 e. The van der Waals surface area contributed by atoms with E-state index in [1.54, 1.807) is 0 Å². The number of hydrogen-bond acceptors (Lipinski definition) is 4. The van der Waals surface area contributed by atoms with Crippen molar-refractivity contribution >= 4 is 11.6 Å². The van der Waals surface area contributed by atoms with E-state index in [1.165, 1.54) is 24.6 Å². The van der Waals surface area contributed by atoms with Crippen molar-refractivity contribution in [3.63, 3.8) is 0 Å². The maximum atomic E-state index is 11.7. The summed E-state index contributed by atoms with van der Waals surface area (Å²) in [6, 6.07) is 19.6. The van der Waals surface area contributed by atoms with Gasteiger partial charge in [-0.1, -0.05) is 60.7 Å². The number of nitrogens with one attached hydrogen (secondary N) is 2. The third kappa shape index (κ3) is 6.32. The van der Waals surface area contributed by atoms with Crippen LogP contribution in [0.3, 0.4) is 0 Å². The van der Waals surface area contributed by atoms with Crippen LogP contribution in [0.4, 0.5) is 0 Å². The Morgan fingerprint density at radius 3 is 1.42 bits per heavy atom. The summed E-state index contributed by atoms with van der Waals surface area (Å²) in [5, 5.41) is 5.97. The lowest BCUT2D eigenvalue weighted by molar-refractivity contribution is -0.130. The van der Waals surface area contributed by atoms with Gasteiger partial charge in [-0.2, -0.15) is 0 Å². The number of ketones is 2. The van der Waals surface area contributed by atoms with E-state index < -0.39 is 11.6 Å². The van der Waals surface area contributed by atoms with Crippen LogP contribution in [0.1, 0.15) is 11.1 Å². The van der Waals surface area contributed by atoms with Crippen LogP contribution in [0, 0.1) is 0 Å². The molecule has 0 saturated carbocycles. The normalized spacial score (nSPS) is 10.8. The molecule has 0 aliphatic rings. The summed E-state index contributed by atoms with van der Waals surface area (Å²) in [7, 11) is 0. The Bertz CT molecular complexity index is 643. The van der Waals surface area contributed by atoms with Gasteiger partial charge in [-0.05, 0) is 11.1 Å². The summed E-state index contributed by atoms with van der Waals surface area (Å²) in [5.74, 6) is -1.12. The molecule has 0 aliphatic heterocycles. The average molecular weight is 320 g/mol. The number of hydrogen-bond donors (Lipinski definition) is 2. The molecule has 0 heterocycles. The molecule has 0 unspecified atom stereocenters. The third-order valence-electron chi connectivity index (χ3n) is 3.25. The molecule has 2 aromatic rings. The Morgan fingerprint density at radius 1 is 0.667 bits per heavy atom. The Labute approximate surface area is 141 Å². The molecule has 4 nitrogen and oxygen atoms in total. The summed E-state index contributed by atoms with van der Waals surface area (Å²) in [6.07, 6.45) is 5.48. The van der Waals surface area contributed by atoms with Gasteiger partial charge < -0.3 is 10.6 Å². The van der Waals surface area contributed by atoms with E-state index in [0.29, 0.717) is 13.1 Å². The van der Waals surface area contributed by atoms with Crippen molar-refractivity contribution in [3.05, 3.63) is 96.3 Å². The molecular formula is C20H20N2O2. The molecule has 0 amide bonds. The fourth-order valence-electron chi connectivity index (χ4n) is 1.98. The predicted octanol–water partition coefficient (Wildman–Crippen LogP) is 2.73. The van der Waals surface area contributed by atoms with Crippen molar-refractivity contribution in [2.45, 2.75) is 13.1 Å². The van der Waals surface area contributed by atoms with E-state index in [9.17, 15) is 9.59 Å². The van der Waals surface area contributed by atoms with Crippen LogP contribution in [-0.2, 0) is 22.7 Å². The average Bonchev–Trinajstić information content (AvgIpc) is 2.63. The molecule has 122 valence electrons. The summed E-state index contributed by atoms with van der Waals surface area (Å²) >= 11 is 0.